The average Bonchev–Trinajstić information content (AvgIpc) is 3.50. The summed E-state index contributed by atoms with van der Waals surface area (Å²) in [5, 5.41) is 6.86. The van der Waals surface area contributed by atoms with E-state index in [9.17, 15) is 13.2 Å². The lowest BCUT2D eigenvalue weighted by Crippen LogP contribution is -2.37. The summed E-state index contributed by atoms with van der Waals surface area (Å²) < 4.78 is 26.6. The third kappa shape index (κ3) is 5.66. The van der Waals surface area contributed by atoms with Crippen molar-refractivity contribution in [3.05, 3.63) is 88.9 Å². The van der Waals surface area contributed by atoms with Crippen LogP contribution in [0.4, 0.5) is 17.1 Å². The van der Waals surface area contributed by atoms with E-state index in [4.69, 9.17) is 11.6 Å². The number of fused-ring (bicyclic) bond motifs is 1. The van der Waals surface area contributed by atoms with Crippen molar-refractivity contribution >= 4 is 55.9 Å². The highest BCUT2D eigenvalue weighted by Gasteiger charge is 2.28. The van der Waals surface area contributed by atoms with Gasteiger partial charge in [-0.05, 0) is 67.9 Å². The molecule has 2 aliphatic rings. The lowest BCUT2D eigenvalue weighted by Gasteiger charge is -2.25. The molecule has 0 saturated carbocycles. The van der Waals surface area contributed by atoms with Gasteiger partial charge in [0.15, 0.2) is 0 Å². The summed E-state index contributed by atoms with van der Waals surface area (Å²) in [7, 11) is -3.43. The summed E-state index contributed by atoms with van der Waals surface area (Å²) in [5.74, 6) is -0.217. The van der Waals surface area contributed by atoms with Crippen molar-refractivity contribution in [2.45, 2.75) is 12.8 Å². The maximum Gasteiger partial charge on any atom is 0.258 e. The molecule has 0 aliphatic carbocycles. The van der Waals surface area contributed by atoms with Crippen molar-refractivity contribution in [2.24, 2.45) is 0 Å². The Morgan fingerprint density at radius 2 is 1.73 bits per heavy atom. The Hall–Kier alpha value is -3.33. The first-order chi connectivity index (χ1) is 17.8. The van der Waals surface area contributed by atoms with Crippen LogP contribution in [-0.4, -0.2) is 51.7 Å². The maximum absolute atomic E-state index is 13.1. The van der Waals surface area contributed by atoms with E-state index in [1.165, 1.54) is 10.6 Å². The number of benzene rings is 3. The number of amides is 1. The Morgan fingerprint density at radius 3 is 2.41 bits per heavy atom. The van der Waals surface area contributed by atoms with Gasteiger partial charge in [-0.25, -0.2) is 8.42 Å². The second-order valence-electron chi connectivity index (χ2n) is 9.32. The zero-order valence-electron chi connectivity index (χ0n) is 20.6. The molecule has 2 heterocycles. The molecule has 3 aromatic carbocycles. The Balaban J connectivity index is 1.46. The van der Waals surface area contributed by atoms with Gasteiger partial charge in [-0.3, -0.25) is 9.10 Å². The van der Waals surface area contributed by atoms with Gasteiger partial charge >= 0.3 is 0 Å². The number of anilines is 3. The fourth-order valence-electron chi connectivity index (χ4n) is 4.86. The van der Waals surface area contributed by atoms with Crippen molar-refractivity contribution in [3.8, 4) is 0 Å². The molecule has 1 saturated heterocycles. The highest BCUT2D eigenvalue weighted by Crippen LogP contribution is 2.39. The van der Waals surface area contributed by atoms with Gasteiger partial charge in [-0.15, -0.1) is 0 Å². The zero-order chi connectivity index (χ0) is 26.0. The molecule has 0 atom stereocenters. The van der Waals surface area contributed by atoms with Crippen LogP contribution in [0.3, 0.4) is 0 Å². The SMILES string of the molecule is CS(=O)(=O)N(CCN1CCCC1)c1ccc(NC(=C2C(=O)Nc3cc(Cl)ccc32)c2ccccc2)cc1. The van der Waals surface area contributed by atoms with Crippen LogP contribution in [0.15, 0.2) is 72.8 Å². The van der Waals surface area contributed by atoms with Gasteiger partial charge in [0.2, 0.25) is 10.0 Å². The Morgan fingerprint density at radius 1 is 1.03 bits per heavy atom. The smallest absolute Gasteiger partial charge is 0.258 e. The standard InChI is InChI=1S/C28H29ClN4O3S/c1-37(35,36)33(18-17-32-15-5-6-16-32)23-12-10-22(11-13-23)30-27(20-7-3-2-4-8-20)26-24-14-9-21(29)19-25(24)31-28(26)34/h2-4,7-14,19,30H,5-6,15-18H2,1H3,(H,31,34). The van der Waals surface area contributed by atoms with E-state index in [0.717, 1.165) is 42.7 Å². The lowest BCUT2D eigenvalue weighted by atomic mass is 10.00. The second-order valence-corrected chi connectivity index (χ2v) is 11.7. The fraction of sp³-hybridized carbons (Fsp3) is 0.250. The summed E-state index contributed by atoms with van der Waals surface area (Å²) in [6.45, 7) is 3.14. The molecule has 2 N–H and O–H groups in total. The molecule has 37 heavy (non-hydrogen) atoms. The van der Waals surface area contributed by atoms with Crippen LogP contribution in [0, 0.1) is 0 Å². The first-order valence-electron chi connectivity index (χ1n) is 12.3. The highest BCUT2D eigenvalue weighted by molar-refractivity contribution is 7.92. The normalized spacial score (nSPS) is 16.9. The molecule has 3 aromatic rings. The molecule has 0 spiro atoms. The number of likely N-dealkylation sites (tertiary alicyclic amines) is 1. The topological polar surface area (TPSA) is 81.8 Å². The van der Waals surface area contributed by atoms with Gasteiger partial charge in [0, 0.05) is 29.4 Å². The summed E-state index contributed by atoms with van der Waals surface area (Å²) in [6, 6.07) is 22.2. The van der Waals surface area contributed by atoms with Crippen LogP contribution in [0.1, 0.15) is 24.0 Å². The van der Waals surface area contributed by atoms with E-state index < -0.39 is 10.0 Å². The first kappa shape index (κ1) is 25.3. The van der Waals surface area contributed by atoms with Crippen LogP contribution >= 0.6 is 11.6 Å². The number of carbonyl (C=O) groups excluding carboxylic acids is 1. The van der Waals surface area contributed by atoms with Crippen molar-refractivity contribution in [3.63, 3.8) is 0 Å². The molecule has 0 bridgehead atoms. The van der Waals surface area contributed by atoms with E-state index >= 15 is 0 Å². The molecular weight excluding hydrogens is 508 g/mol. The van der Waals surface area contributed by atoms with E-state index in [-0.39, 0.29) is 5.91 Å². The average molecular weight is 537 g/mol. The number of sulfonamides is 1. The van der Waals surface area contributed by atoms with Gasteiger partial charge in [0.25, 0.3) is 5.91 Å². The molecule has 5 rings (SSSR count). The predicted octanol–water partition coefficient (Wildman–Crippen LogP) is 5.13. The summed E-state index contributed by atoms with van der Waals surface area (Å²) in [4.78, 5) is 15.3. The van der Waals surface area contributed by atoms with E-state index in [1.807, 2.05) is 48.5 Å². The minimum Gasteiger partial charge on any atom is -0.354 e. The van der Waals surface area contributed by atoms with Crippen LogP contribution in [0.2, 0.25) is 5.02 Å². The molecule has 192 valence electrons. The van der Waals surface area contributed by atoms with Crippen molar-refractivity contribution in [1.82, 2.24) is 4.90 Å². The fourth-order valence-corrected chi connectivity index (χ4v) is 5.95. The summed E-state index contributed by atoms with van der Waals surface area (Å²) in [5.41, 5.74) is 4.80. The molecule has 0 unspecified atom stereocenters. The number of nitrogens with one attached hydrogen (secondary N) is 2. The van der Waals surface area contributed by atoms with Crippen LogP contribution in [0.25, 0.3) is 11.3 Å². The predicted molar refractivity (Wildman–Crippen MR) is 151 cm³/mol. The molecule has 9 heteroatoms. The Bertz CT molecular complexity index is 1430. The van der Waals surface area contributed by atoms with Gasteiger partial charge < -0.3 is 15.5 Å². The molecular formula is C28H29ClN4O3S. The lowest BCUT2D eigenvalue weighted by molar-refractivity contribution is -0.110. The van der Waals surface area contributed by atoms with Crippen molar-refractivity contribution in [2.75, 3.05) is 47.4 Å². The number of hydrogen-bond acceptors (Lipinski definition) is 5. The number of rotatable bonds is 8. The van der Waals surface area contributed by atoms with Crippen molar-refractivity contribution < 1.29 is 13.2 Å². The van der Waals surface area contributed by atoms with Crippen LogP contribution in [-0.2, 0) is 14.8 Å². The van der Waals surface area contributed by atoms with Crippen molar-refractivity contribution in [1.29, 1.82) is 0 Å². The minimum absolute atomic E-state index is 0.217. The first-order valence-corrected chi connectivity index (χ1v) is 14.5. The summed E-state index contributed by atoms with van der Waals surface area (Å²) in [6.07, 6.45) is 3.56. The minimum atomic E-state index is -3.43. The summed E-state index contributed by atoms with van der Waals surface area (Å²) >= 11 is 6.14. The Labute approximate surface area is 222 Å². The van der Waals surface area contributed by atoms with Crippen LogP contribution in [0.5, 0.6) is 0 Å². The number of nitrogens with zero attached hydrogens (tertiary/aromatic N) is 2. The highest BCUT2D eigenvalue weighted by atomic mass is 35.5. The largest absolute Gasteiger partial charge is 0.354 e. The van der Waals surface area contributed by atoms with Crippen LogP contribution < -0.4 is 14.9 Å². The zero-order valence-corrected chi connectivity index (χ0v) is 22.1. The molecule has 0 radical (unpaired) electrons. The van der Waals surface area contributed by atoms with Gasteiger partial charge in [0.1, 0.15) is 0 Å². The van der Waals surface area contributed by atoms with Gasteiger partial charge in [0.05, 0.1) is 28.9 Å². The third-order valence-electron chi connectivity index (χ3n) is 6.68. The molecule has 1 amide bonds. The van der Waals surface area contributed by atoms with Gasteiger partial charge in [-0.2, -0.15) is 0 Å². The third-order valence-corrected chi connectivity index (χ3v) is 8.11. The van der Waals surface area contributed by atoms with Gasteiger partial charge in [-0.1, -0.05) is 48.0 Å². The molecule has 0 aromatic heterocycles. The quantitative estimate of drug-likeness (QED) is 0.390. The molecule has 2 aliphatic heterocycles. The van der Waals surface area contributed by atoms with E-state index in [0.29, 0.717) is 40.8 Å². The number of carbonyl (C=O) groups is 1. The van der Waals surface area contributed by atoms with E-state index in [2.05, 4.69) is 15.5 Å². The molecule has 7 nitrogen and oxygen atoms in total. The molecule has 1 fully saturated rings. The van der Waals surface area contributed by atoms with E-state index in [1.54, 1.807) is 24.3 Å². The Kier molecular flexibility index (Phi) is 7.24. The maximum atomic E-state index is 13.1. The number of hydrogen-bond donors (Lipinski definition) is 2. The monoisotopic (exact) mass is 536 g/mol. The number of halogens is 1. The second kappa shape index (κ2) is 10.6.